The number of rotatable bonds is 7. The van der Waals surface area contributed by atoms with Crippen molar-refractivity contribution in [3.8, 4) is 0 Å². The van der Waals surface area contributed by atoms with E-state index in [-0.39, 0.29) is 29.9 Å². The monoisotopic (exact) mass is 503 g/mol. The van der Waals surface area contributed by atoms with Crippen LogP contribution in [0.3, 0.4) is 0 Å². The second-order valence-electron chi connectivity index (χ2n) is 10.0. The number of nitrogens with zero attached hydrogens (tertiary/aromatic N) is 3. The van der Waals surface area contributed by atoms with Crippen molar-refractivity contribution in [3.05, 3.63) is 64.2 Å². The van der Waals surface area contributed by atoms with Crippen molar-refractivity contribution in [1.82, 2.24) is 20.0 Å². The molecule has 2 fully saturated rings. The second kappa shape index (κ2) is 10.4. The SMILES string of the molecule is CCN1CCN(Cc2ccc(CNc3cccc4c3C(=O)N(C3CCC(=O)NC3=O)C4=O)cc2C)CC1. The molecular weight excluding hydrogens is 470 g/mol. The van der Waals surface area contributed by atoms with E-state index >= 15 is 0 Å². The first-order valence-corrected chi connectivity index (χ1v) is 13.0. The molecule has 2 aromatic rings. The molecule has 3 heterocycles. The summed E-state index contributed by atoms with van der Waals surface area (Å²) < 4.78 is 0. The van der Waals surface area contributed by atoms with Crippen molar-refractivity contribution in [3.63, 3.8) is 0 Å². The molecule has 0 radical (unpaired) electrons. The molecule has 0 aliphatic carbocycles. The fraction of sp³-hybridized carbons (Fsp3) is 0.429. The standard InChI is InChI=1S/C28H33N5O4/c1-3-31-11-13-32(14-12-31)17-20-8-7-19(15-18(20)2)16-29-22-6-4-5-21-25(22)28(37)33(27(21)36)23-9-10-24(34)30-26(23)35/h4-8,15,23,29H,3,9-14,16-17H2,1-2H3,(H,30,34,35). The molecule has 0 aromatic heterocycles. The highest BCUT2D eigenvalue weighted by molar-refractivity contribution is 6.25. The molecule has 3 aliphatic rings. The first kappa shape index (κ1) is 25.1. The number of amides is 4. The molecule has 0 spiro atoms. The molecule has 9 nitrogen and oxygen atoms in total. The number of imide groups is 2. The van der Waals surface area contributed by atoms with Crippen LogP contribution in [0.2, 0.25) is 0 Å². The Balaban J connectivity index is 1.26. The number of nitrogens with one attached hydrogen (secondary N) is 2. The molecule has 2 N–H and O–H groups in total. The van der Waals surface area contributed by atoms with Gasteiger partial charge in [0.25, 0.3) is 11.8 Å². The van der Waals surface area contributed by atoms with Crippen LogP contribution in [-0.2, 0) is 22.7 Å². The number of carbonyl (C=O) groups is 4. The van der Waals surface area contributed by atoms with E-state index in [1.54, 1.807) is 18.2 Å². The van der Waals surface area contributed by atoms with Gasteiger partial charge in [-0.1, -0.05) is 31.2 Å². The Bertz CT molecular complexity index is 1250. The largest absolute Gasteiger partial charge is 0.380 e. The number of carbonyl (C=O) groups excluding carboxylic acids is 4. The number of piperazine rings is 1. The Hall–Kier alpha value is -3.56. The summed E-state index contributed by atoms with van der Waals surface area (Å²) in [7, 11) is 0. The Morgan fingerprint density at radius 2 is 1.73 bits per heavy atom. The van der Waals surface area contributed by atoms with Crippen molar-refractivity contribution >= 4 is 29.3 Å². The van der Waals surface area contributed by atoms with Gasteiger partial charge < -0.3 is 10.2 Å². The van der Waals surface area contributed by atoms with E-state index in [1.807, 2.05) is 0 Å². The minimum atomic E-state index is -0.974. The maximum Gasteiger partial charge on any atom is 0.264 e. The van der Waals surface area contributed by atoms with Gasteiger partial charge in [-0.25, -0.2) is 0 Å². The third kappa shape index (κ3) is 5.01. The lowest BCUT2D eigenvalue weighted by Crippen LogP contribution is -2.54. The molecule has 5 rings (SSSR count). The number of anilines is 1. The molecule has 1 unspecified atom stereocenters. The van der Waals surface area contributed by atoms with Gasteiger partial charge in [0, 0.05) is 51.4 Å². The maximum absolute atomic E-state index is 13.3. The molecule has 2 aromatic carbocycles. The van der Waals surface area contributed by atoms with Gasteiger partial charge in [0.05, 0.1) is 11.1 Å². The fourth-order valence-corrected chi connectivity index (χ4v) is 5.41. The van der Waals surface area contributed by atoms with Crippen LogP contribution in [0.25, 0.3) is 0 Å². The zero-order chi connectivity index (χ0) is 26.1. The number of fused-ring (bicyclic) bond motifs is 1. The minimum absolute atomic E-state index is 0.0964. The summed E-state index contributed by atoms with van der Waals surface area (Å²) in [6, 6.07) is 10.6. The smallest absolute Gasteiger partial charge is 0.264 e. The summed E-state index contributed by atoms with van der Waals surface area (Å²) >= 11 is 0. The van der Waals surface area contributed by atoms with Crippen LogP contribution in [0.5, 0.6) is 0 Å². The fourth-order valence-electron chi connectivity index (χ4n) is 5.41. The number of likely N-dealkylation sites (N-methyl/N-ethyl adjacent to an activating group) is 1. The highest BCUT2D eigenvalue weighted by atomic mass is 16.2. The Morgan fingerprint density at radius 1 is 0.973 bits per heavy atom. The van der Waals surface area contributed by atoms with Gasteiger partial charge in [-0.15, -0.1) is 0 Å². The number of aryl methyl sites for hydroxylation is 1. The molecule has 194 valence electrons. The normalized spacial score (nSPS) is 20.8. The van der Waals surface area contributed by atoms with E-state index in [1.165, 1.54) is 11.1 Å². The van der Waals surface area contributed by atoms with Crippen LogP contribution in [0, 0.1) is 6.92 Å². The second-order valence-corrected chi connectivity index (χ2v) is 10.0. The van der Waals surface area contributed by atoms with Crippen molar-refractivity contribution in [2.24, 2.45) is 0 Å². The van der Waals surface area contributed by atoms with E-state index in [9.17, 15) is 19.2 Å². The van der Waals surface area contributed by atoms with Crippen molar-refractivity contribution < 1.29 is 19.2 Å². The van der Waals surface area contributed by atoms with Gasteiger partial charge in [-0.2, -0.15) is 0 Å². The Morgan fingerprint density at radius 3 is 2.43 bits per heavy atom. The molecule has 1 atom stereocenters. The third-order valence-electron chi connectivity index (χ3n) is 7.66. The van der Waals surface area contributed by atoms with Crippen LogP contribution >= 0.6 is 0 Å². The average molecular weight is 504 g/mol. The predicted octanol–water partition coefficient (Wildman–Crippen LogP) is 2.15. The summed E-state index contributed by atoms with van der Waals surface area (Å²) in [6.07, 6.45) is 0.234. The Labute approximate surface area is 216 Å². The quantitative estimate of drug-likeness (QED) is 0.558. The van der Waals surface area contributed by atoms with E-state index < -0.39 is 23.8 Å². The van der Waals surface area contributed by atoms with Gasteiger partial charge in [0.15, 0.2) is 0 Å². The van der Waals surface area contributed by atoms with E-state index in [4.69, 9.17) is 0 Å². The van der Waals surface area contributed by atoms with Gasteiger partial charge in [-0.05, 0) is 48.7 Å². The summed E-state index contributed by atoms with van der Waals surface area (Å²) in [5.41, 5.74) is 4.72. The molecule has 2 saturated heterocycles. The zero-order valence-electron chi connectivity index (χ0n) is 21.4. The van der Waals surface area contributed by atoms with E-state index in [2.05, 4.69) is 52.5 Å². The molecule has 0 bridgehead atoms. The summed E-state index contributed by atoms with van der Waals surface area (Å²) in [5, 5.41) is 5.55. The van der Waals surface area contributed by atoms with Gasteiger partial charge in [-0.3, -0.25) is 34.3 Å². The lowest BCUT2D eigenvalue weighted by molar-refractivity contribution is -0.136. The first-order chi connectivity index (χ1) is 17.9. The topological polar surface area (TPSA) is 102 Å². The molecule has 9 heteroatoms. The number of benzene rings is 2. The number of hydrogen-bond donors (Lipinski definition) is 2. The van der Waals surface area contributed by atoms with E-state index in [0.29, 0.717) is 12.2 Å². The minimum Gasteiger partial charge on any atom is -0.380 e. The maximum atomic E-state index is 13.3. The summed E-state index contributed by atoms with van der Waals surface area (Å²) in [4.78, 5) is 56.2. The summed E-state index contributed by atoms with van der Waals surface area (Å²) in [6.45, 7) is 11.3. The van der Waals surface area contributed by atoms with Crippen molar-refractivity contribution in [2.45, 2.75) is 45.8 Å². The van der Waals surface area contributed by atoms with Crippen LogP contribution in [0.4, 0.5) is 5.69 Å². The lowest BCUT2D eigenvalue weighted by atomic mass is 10.0. The highest BCUT2D eigenvalue weighted by Gasteiger charge is 2.45. The van der Waals surface area contributed by atoms with Crippen molar-refractivity contribution in [1.29, 1.82) is 0 Å². The number of hydrogen-bond acceptors (Lipinski definition) is 7. The number of piperidine rings is 1. The van der Waals surface area contributed by atoms with Gasteiger partial charge >= 0.3 is 0 Å². The van der Waals surface area contributed by atoms with Crippen LogP contribution < -0.4 is 10.6 Å². The van der Waals surface area contributed by atoms with Crippen molar-refractivity contribution in [2.75, 3.05) is 38.0 Å². The zero-order valence-corrected chi connectivity index (χ0v) is 21.4. The molecule has 3 aliphatic heterocycles. The lowest BCUT2D eigenvalue weighted by Gasteiger charge is -2.34. The van der Waals surface area contributed by atoms with Crippen LogP contribution in [-0.4, -0.2) is 77.1 Å². The predicted molar refractivity (Wildman–Crippen MR) is 139 cm³/mol. The molecule has 37 heavy (non-hydrogen) atoms. The highest BCUT2D eigenvalue weighted by Crippen LogP contribution is 2.32. The van der Waals surface area contributed by atoms with Gasteiger partial charge in [0.2, 0.25) is 11.8 Å². The first-order valence-electron chi connectivity index (χ1n) is 13.0. The summed E-state index contributed by atoms with van der Waals surface area (Å²) in [5.74, 6) is -2.01. The van der Waals surface area contributed by atoms with E-state index in [0.717, 1.165) is 49.7 Å². The van der Waals surface area contributed by atoms with Crippen LogP contribution in [0.1, 0.15) is 57.2 Å². The Kier molecular flexibility index (Phi) is 7.08. The molecular formula is C28H33N5O4. The van der Waals surface area contributed by atoms with Gasteiger partial charge in [0.1, 0.15) is 6.04 Å². The molecule has 4 amide bonds. The third-order valence-corrected chi connectivity index (χ3v) is 7.66. The molecule has 0 saturated carbocycles. The van der Waals surface area contributed by atoms with Crippen LogP contribution in [0.15, 0.2) is 36.4 Å². The average Bonchev–Trinajstić information content (AvgIpc) is 3.15.